The van der Waals surface area contributed by atoms with E-state index in [1.165, 1.54) is 0 Å². The summed E-state index contributed by atoms with van der Waals surface area (Å²) < 4.78 is 0. The molecular weight excluding hydrogens is 202 g/mol. The lowest BCUT2D eigenvalue weighted by molar-refractivity contribution is 0.0983. The number of aryl methyl sites for hydroxylation is 1. The highest BCUT2D eigenvalue weighted by Crippen LogP contribution is 2.27. The maximum atomic E-state index is 11.7. The summed E-state index contributed by atoms with van der Waals surface area (Å²) in [5.74, 6) is 0.298. The highest BCUT2D eigenvalue weighted by atomic mass is 16.3. The zero-order chi connectivity index (χ0) is 12.3. The molecule has 1 aromatic carbocycles. The van der Waals surface area contributed by atoms with Crippen LogP contribution in [0, 0.1) is 6.92 Å². The molecule has 0 bridgehead atoms. The Balaban J connectivity index is 3.19. The van der Waals surface area contributed by atoms with E-state index in [1.54, 1.807) is 12.1 Å². The van der Waals surface area contributed by atoms with Crippen LogP contribution in [0.1, 0.15) is 47.7 Å². The number of carbonyl (C=O) groups excluding carboxylic acids is 1. The lowest BCUT2D eigenvalue weighted by atomic mass is 9.93. The summed E-state index contributed by atoms with van der Waals surface area (Å²) in [5.41, 5.74) is 7.84. The van der Waals surface area contributed by atoms with Crippen LogP contribution >= 0.6 is 0 Å². The molecule has 16 heavy (non-hydrogen) atoms. The minimum atomic E-state index is -0.0955. The van der Waals surface area contributed by atoms with E-state index < -0.39 is 0 Å². The highest BCUT2D eigenvalue weighted by molar-refractivity contribution is 5.99. The number of aromatic hydroxyl groups is 1. The molecule has 0 amide bonds. The van der Waals surface area contributed by atoms with Gasteiger partial charge in [0.05, 0.1) is 5.56 Å². The van der Waals surface area contributed by atoms with Gasteiger partial charge in [-0.3, -0.25) is 4.79 Å². The lowest BCUT2D eigenvalue weighted by Gasteiger charge is -2.13. The molecule has 1 rings (SSSR count). The zero-order valence-corrected chi connectivity index (χ0v) is 10.1. The van der Waals surface area contributed by atoms with Crippen molar-refractivity contribution < 1.29 is 9.90 Å². The van der Waals surface area contributed by atoms with Crippen LogP contribution in [0.15, 0.2) is 12.1 Å². The molecule has 3 nitrogen and oxygen atoms in total. The molecule has 0 saturated carbocycles. The second kappa shape index (κ2) is 5.12. The maximum absolute atomic E-state index is 11.7. The average molecular weight is 221 g/mol. The molecule has 0 aliphatic carbocycles. The topological polar surface area (TPSA) is 63.3 Å². The van der Waals surface area contributed by atoms with Crippen molar-refractivity contribution in [3.05, 3.63) is 28.8 Å². The Morgan fingerprint density at radius 3 is 2.56 bits per heavy atom. The van der Waals surface area contributed by atoms with Crippen LogP contribution in [0.25, 0.3) is 0 Å². The normalized spacial score (nSPS) is 10.8. The Labute approximate surface area is 96.3 Å². The summed E-state index contributed by atoms with van der Waals surface area (Å²) in [7, 11) is 0. The number of phenols is 1. The molecule has 3 N–H and O–H groups in total. The third-order valence-corrected chi connectivity index (χ3v) is 2.68. The first-order valence-electron chi connectivity index (χ1n) is 5.54. The van der Waals surface area contributed by atoms with Crippen molar-refractivity contribution in [2.75, 3.05) is 6.54 Å². The molecule has 0 atom stereocenters. The molecule has 0 aliphatic rings. The molecule has 3 heteroatoms. The summed E-state index contributed by atoms with van der Waals surface area (Å²) in [5, 5.41) is 9.73. The van der Waals surface area contributed by atoms with E-state index >= 15 is 0 Å². The van der Waals surface area contributed by atoms with Crippen molar-refractivity contribution in [1.29, 1.82) is 0 Å². The van der Waals surface area contributed by atoms with E-state index in [9.17, 15) is 9.90 Å². The third kappa shape index (κ3) is 2.61. The van der Waals surface area contributed by atoms with Gasteiger partial charge in [-0.2, -0.15) is 0 Å². The Morgan fingerprint density at radius 1 is 1.44 bits per heavy atom. The van der Waals surface area contributed by atoms with E-state index in [2.05, 4.69) is 13.8 Å². The Hall–Kier alpha value is -1.35. The Bertz CT molecular complexity index is 397. The number of hydrogen-bond acceptors (Lipinski definition) is 3. The van der Waals surface area contributed by atoms with Crippen LogP contribution in [0.4, 0.5) is 0 Å². The summed E-state index contributed by atoms with van der Waals surface area (Å²) in [4.78, 5) is 11.7. The number of rotatable bonds is 4. The molecule has 0 aliphatic heterocycles. The first-order chi connectivity index (χ1) is 7.47. The smallest absolute Gasteiger partial charge is 0.167 e. The van der Waals surface area contributed by atoms with Crippen LogP contribution in [0.5, 0.6) is 5.75 Å². The first-order valence-corrected chi connectivity index (χ1v) is 5.54. The van der Waals surface area contributed by atoms with Gasteiger partial charge in [-0.15, -0.1) is 0 Å². The minimum absolute atomic E-state index is 0.0559. The third-order valence-electron chi connectivity index (χ3n) is 2.68. The molecule has 1 aromatic rings. The van der Waals surface area contributed by atoms with Crippen molar-refractivity contribution in [3.8, 4) is 5.75 Å². The number of nitrogens with two attached hydrogens (primary N) is 1. The maximum Gasteiger partial charge on any atom is 0.167 e. The number of benzene rings is 1. The predicted molar refractivity (Wildman–Crippen MR) is 64.9 cm³/mol. The van der Waals surface area contributed by atoms with Crippen molar-refractivity contribution in [2.45, 2.75) is 33.1 Å². The van der Waals surface area contributed by atoms with Gasteiger partial charge < -0.3 is 10.8 Å². The van der Waals surface area contributed by atoms with Gasteiger partial charge in [-0.1, -0.05) is 13.8 Å². The molecule has 0 aromatic heterocycles. The van der Waals surface area contributed by atoms with Crippen LogP contribution in [-0.2, 0) is 0 Å². The van der Waals surface area contributed by atoms with Crippen LogP contribution < -0.4 is 5.73 Å². The predicted octanol–water partition coefficient (Wildman–Crippen LogP) is 2.36. The van der Waals surface area contributed by atoms with Gasteiger partial charge in [-0.25, -0.2) is 0 Å². The second-order valence-corrected chi connectivity index (χ2v) is 4.34. The number of ketones is 1. The van der Waals surface area contributed by atoms with Gasteiger partial charge in [0.15, 0.2) is 5.78 Å². The highest BCUT2D eigenvalue weighted by Gasteiger charge is 2.14. The van der Waals surface area contributed by atoms with Gasteiger partial charge in [0.2, 0.25) is 0 Å². The van der Waals surface area contributed by atoms with E-state index in [0.29, 0.717) is 18.0 Å². The van der Waals surface area contributed by atoms with Gasteiger partial charge in [0.25, 0.3) is 0 Å². The number of carbonyl (C=O) groups is 1. The van der Waals surface area contributed by atoms with Gasteiger partial charge in [0, 0.05) is 6.42 Å². The molecule has 0 heterocycles. The summed E-state index contributed by atoms with van der Waals surface area (Å²) in [6, 6.07) is 3.44. The first kappa shape index (κ1) is 12.7. The fourth-order valence-corrected chi connectivity index (χ4v) is 1.82. The molecule has 0 unspecified atom stereocenters. The summed E-state index contributed by atoms with van der Waals surface area (Å²) >= 11 is 0. The van der Waals surface area contributed by atoms with Crippen molar-refractivity contribution >= 4 is 5.78 Å². The number of hydrogen-bond donors (Lipinski definition) is 2. The van der Waals surface area contributed by atoms with E-state index in [0.717, 1.165) is 11.1 Å². The largest absolute Gasteiger partial charge is 0.507 e. The molecule has 0 radical (unpaired) electrons. The van der Waals surface area contributed by atoms with Crippen LogP contribution in [-0.4, -0.2) is 17.4 Å². The van der Waals surface area contributed by atoms with Gasteiger partial charge in [-0.05, 0) is 42.6 Å². The Kier molecular flexibility index (Phi) is 4.07. The zero-order valence-electron chi connectivity index (χ0n) is 10.1. The molecular formula is C13H19NO2. The molecule has 0 saturated heterocycles. The number of phenolic OH excluding ortho intramolecular Hbond substituents is 1. The SMILES string of the molecule is Cc1cc(O)c(C(=O)CCN)cc1C(C)C. The lowest BCUT2D eigenvalue weighted by Crippen LogP contribution is -2.09. The number of Topliss-reactive ketones (excluding diaryl/α,β-unsaturated/α-hetero) is 1. The van der Waals surface area contributed by atoms with Crippen molar-refractivity contribution in [1.82, 2.24) is 0 Å². The summed E-state index contributed by atoms with van der Waals surface area (Å²) in [6.07, 6.45) is 0.272. The quantitative estimate of drug-likeness (QED) is 0.767. The van der Waals surface area contributed by atoms with Crippen molar-refractivity contribution in [2.24, 2.45) is 5.73 Å². The van der Waals surface area contributed by atoms with E-state index in [-0.39, 0.29) is 18.0 Å². The monoisotopic (exact) mass is 221 g/mol. The Morgan fingerprint density at radius 2 is 2.06 bits per heavy atom. The average Bonchev–Trinajstić information content (AvgIpc) is 2.17. The standard InChI is InChI=1S/C13H19NO2/c1-8(2)10-7-11(12(15)4-5-14)13(16)6-9(10)3/h6-8,16H,4-5,14H2,1-3H3. The van der Waals surface area contributed by atoms with Crippen LogP contribution in [0.2, 0.25) is 0 Å². The fraction of sp³-hybridized carbons (Fsp3) is 0.462. The van der Waals surface area contributed by atoms with Crippen molar-refractivity contribution in [3.63, 3.8) is 0 Å². The molecule has 88 valence electrons. The molecule has 0 fully saturated rings. The second-order valence-electron chi connectivity index (χ2n) is 4.34. The van der Waals surface area contributed by atoms with E-state index in [1.807, 2.05) is 6.92 Å². The van der Waals surface area contributed by atoms with Crippen LogP contribution in [0.3, 0.4) is 0 Å². The molecule has 0 spiro atoms. The fourth-order valence-electron chi connectivity index (χ4n) is 1.82. The van der Waals surface area contributed by atoms with Gasteiger partial charge in [0.1, 0.15) is 5.75 Å². The minimum Gasteiger partial charge on any atom is -0.507 e. The van der Waals surface area contributed by atoms with Gasteiger partial charge >= 0.3 is 0 Å². The summed E-state index contributed by atoms with van der Waals surface area (Å²) in [6.45, 7) is 6.38. The van der Waals surface area contributed by atoms with E-state index in [4.69, 9.17) is 5.73 Å².